The highest BCUT2D eigenvalue weighted by atomic mass is 16.3. The molecule has 0 radical (unpaired) electrons. The van der Waals surface area contributed by atoms with Gasteiger partial charge in [-0.2, -0.15) is 0 Å². The van der Waals surface area contributed by atoms with Crippen molar-refractivity contribution in [1.29, 1.82) is 0 Å². The van der Waals surface area contributed by atoms with Crippen LogP contribution in [0.3, 0.4) is 0 Å². The highest BCUT2D eigenvalue weighted by Crippen LogP contribution is 2.31. The van der Waals surface area contributed by atoms with E-state index in [1.807, 2.05) is 18.2 Å². The number of nitrogen functional groups attached to an aromatic ring is 1. The van der Waals surface area contributed by atoms with Crippen molar-refractivity contribution in [2.24, 2.45) is 0 Å². The zero-order valence-corrected chi connectivity index (χ0v) is 7.51. The Kier molecular flexibility index (Phi) is 2.07. The summed E-state index contributed by atoms with van der Waals surface area (Å²) in [4.78, 5) is 3.92. The number of hydrogen-bond acceptors (Lipinski definition) is 3. The van der Waals surface area contributed by atoms with E-state index in [1.165, 1.54) is 0 Å². The van der Waals surface area contributed by atoms with Gasteiger partial charge in [0.2, 0.25) is 0 Å². The predicted molar refractivity (Wildman–Crippen MR) is 55.8 cm³/mol. The molecule has 2 rings (SSSR count). The van der Waals surface area contributed by atoms with Crippen LogP contribution in [0.1, 0.15) is 0 Å². The summed E-state index contributed by atoms with van der Waals surface area (Å²) in [6, 6.07) is 8.90. The van der Waals surface area contributed by atoms with Crippen LogP contribution in [0, 0.1) is 0 Å². The third-order valence-corrected chi connectivity index (χ3v) is 2.07. The molecular weight excluding hydrogens is 176 g/mol. The van der Waals surface area contributed by atoms with Gasteiger partial charge in [-0.25, -0.2) is 0 Å². The number of phenolic OH excluding ortho intramolecular Hbond substituents is 1. The largest absolute Gasteiger partial charge is 0.506 e. The zero-order valence-electron chi connectivity index (χ0n) is 7.51. The molecule has 0 aliphatic heterocycles. The average Bonchev–Trinajstić information content (AvgIpc) is 2.23. The summed E-state index contributed by atoms with van der Waals surface area (Å²) in [7, 11) is 0. The SMILES string of the molecule is Nc1c(O)cccc1-c1ccncc1. The molecule has 0 fully saturated rings. The normalized spacial score (nSPS) is 10.0. The predicted octanol–water partition coefficient (Wildman–Crippen LogP) is 2.04. The van der Waals surface area contributed by atoms with E-state index in [2.05, 4.69) is 4.98 Å². The van der Waals surface area contributed by atoms with Gasteiger partial charge in [0.15, 0.2) is 0 Å². The van der Waals surface area contributed by atoms with Crippen molar-refractivity contribution in [3.63, 3.8) is 0 Å². The van der Waals surface area contributed by atoms with Crippen LogP contribution in [-0.4, -0.2) is 10.1 Å². The minimum absolute atomic E-state index is 0.110. The highest BCUT2D eigenvalue weighted by molar-refractivity contribution is 5.79. The van der Waals surface area contributed by atoms with Crippen LogP contribution in [0.15, 0.2) is 42.7 Å². The van der Waals surface area contributed by atoms with Crippen LogP contribution < -0.4 is 5.73 Å². The first-order chi connectivity index (χ1) is 6.79. The van der Waals surface area contributed by atoms with E-state index in [0.29, 0.717) is 5.69 Å². The van der Waals surface area contributed by atoms with Gasteiger partial charge >= 0.3 is 0 Å². The molecular formula is C11H10N2O. The number of para-hydroxylation sites is 1. The molecule has 3 N–H and O–H groups in total. The van der Waals surface area contributed by atoms with Gasteiger partial charge in [0, 0.05) is 18.0 Å². The molecule has 1 aromatic heterocycles. The Balaban J connectivity index is 2.58. The van der Waals surface area contributed by atoms with E-state index in [4.69, 9.17) is 5.73 Å². The van der Waals surface area contributed by atoms with Crippen LogP contribution >= 0.6 is 0 Å². The summed E-state index contributed by atoms with van der Waals surface area (Å²) in [5.74, 6) is 0.110. The van der Waals surface area contributed by atoms with Gasteiger partial charge in [0.25, 0.3) is 0 Å². The summed E-state index contributed by atoms with van der Waals surface area (Å²) in [5.41, 5.74) is 7.92. The third kappa shape index (κ3) is 1.40. The molecule has 0 atom stereocenters. The van der Waals surface area contributed by atoms with Crippen LogP contribution in [0.5, 0.6) is 5.75 Å². The maximum atomic E-state index is 9.42. The van der Waals surface area contributed by atoms with Gasteiger partial charge in [-0.3, -0.25) is 4.98 Å². The molecule has 0 saturated heterocycles. The molecule has 0 unspecified atom stereocenters. The van der Waals surface area contributed by atoms with Crippen molar-refractivity contribution in [2.75, 3.05) is 5.73 Å². The van der Waals surface area contributed by atoms with Crippen molar-refractivity contribution >= 4 is 5.69 Å². The van der Waals surface area contributed by atoms with Gasteiger partial charge in [-0.05, 0) is 23.8 Å². The minimum Gasteiger partial charge on any atom is -0.506 e. The fraction of sp³-hybridized carbons (Fsp3) is 0. The number of hydrogen-bond donors (Lipinski definition) is 2. The first kappa shape index (κ1) is 8.56. The summed E-state index contributed by atoms with van der Waals surface area (Å²) in [6.45, 7) is 0. The Hall–Kier alpha value is -2.03. The number of anilines is 1. The Labute approximate surface area is 81.8 Å². The number of benzene rings is 1. The van der Waals surface area contributed by atoms with Crippen molar-refractivity contribution in [2.45, 2.75) is 0 Å². The molecule has 1 aromatic carbocycles. The van der Waals surface area contributed by atoms with Crippen molar-refractivity contribution in [1.82, 2.24) is 4.98 Å². The molecule has 3 nitrogen and oxygen atoms in total. The zero-order chi connectivity index (χ0) is 9.97. The number of aromatic nitrogens is 1. The Bertz CT molecular complexity index is 440. The van der Waals surface area contributed by atoms with Gasteiger partial charge in [-0.15, -0.1) is 0 Å². The number of rotatable bonds is 1. The van der Waals surface area contributed by atoms with E-state index in [-0.39, 0.29) is 5.75 Å². The lowest BCUT2D eigenvalue weighted by atomic mass is 10.0. The van der Waals surface area contributed by atoms with E-state index < -0.39 is 0 Å². The lowest BCUT2D eigenvalue weighted by Crippen LogP contribution is -1.90. The molecule has 0 aliphatic carbocycles. The topological polar surface area (TPSA) is 59.1 Å². The van der Waals surface area contributed by atoms with Crippen LogP contribution in [0.4, 0.5) is 5.69 Å². The van der Waals surface area contributed by atoms with Crippen molar-refractivity contribution in [3.8, 4) is 16.9 Å². The molecule has 14 heavy (non-hydrogen) atoms. The lowest BCUT2D eigenvalue weighted by molar-refractivity contribution is 0.478. The van der Waals surface area contributed by atoms with E-state index in [9.17, 15) is 5.11 Å². The van der Waals surface area contributed by atoms with Crippen LogP contribution in [0.2, 0.25) is 0 Å². The maximum Gasteiger partial charge on any atom is 0.139 e. The van der Waals surface area contributed by atoms with E-state index >= 15 is 0 Å². The second kappa shape index (κ2) is 3.38. The molecule has 0 aliphatic rings. The van der Waals surface area contributed by atoms with Gasteiger partial charge in [0.05, 0.1) is 5.69 Å². The molecule has 0 spiro atoms. The fourth-order valence-electron chi connectivity index (χ4n) is 1.34. The monoisotopic (exact) mass is 186 g/mol. The minimum atomic E-state index is 0.110. The molecule has 0 bridgehead atoms. The lowest BCUT2D eigenvalue weighted by Gasteiger charge is -2.06. The molecule has 0 amide bonds. The van der Waals surface area contributed by atoms with E-state index in [1.54, 1.807) is 24.5 Å². The Morgan fingerprint density at radius 2 is 1.79 bits per heavy atom. The molecule has 70 valence electrons. The summed E-state index contributed by atoms with van der Waals surface area (Å²) < 4.78 is 0. The molecule has 1 heterocycles. The van der Waals surface area contributed by atoms with Gasteiger partial charge in [-0.1, -0.05) is 12.1 Å². The molecule has 0 saturated carbocycles. The number of aromatic hydroxyl groups is 1. The smallest absolute Gasteiger partial charge is 0.139 e. The first-order valence-electron chi connectivity index (χ1n) is 4.27. The number of pyridine rings is 1. The number of nitrogens with zero attached hydrogens (tertiary/aromatic N) is 1. The standard InChI is InChI=1S/C11H10N2O/c12-11-9(2-1-3-10(11)14)8-4-6-13-7-5-8/h1-7,14H,12H2. The third-order valence-electron chi connectivity index (χ3n) is 2.07. The second-order valence-electron chi connectivity index (χ2n) is 2.97. The van der Waals surface area contributed by atoms with Crippen molar-refractivity contribution < 1.29 is 5.11 Å². The Morgan fingerprint density at radius 1 is 1.07 bits per heavy atom. The number of nitrogens with two attached hydrogens (primary N) is 1. The summed E-state index contributed by atoms with van der Waals surface area (Å²) in [6.07, 6.45) is 3.39. The van der Waals surface area contributed by atoms with E-state index in [0.717, 1.165) is 11.1 Å². The van der Waals surface area contributed by atoms with Gasteiger partial charge in [0.1, 0.15) is 5.75 Å². The summed E-state index contributed by atoms with van der Waals surface area (Å²) in [5, 5.41) is 9.42. The highest BCUT2D eigenvalue weighted by Gasteiger charge is 2.04. The average molecular weight is 186 g/mol. The Morgan fingerprint density at radius 3 is 2.50 bits per heavy atom. The maximum absolute atomic E-state index is 9.42. The van der Waals surface area contributed by atoms with Crippen LogP contribution in [-0.2, 0) is 0 Å². The fourth-order valence-corrected chi connectivity index (χ4v) is 1.34. The van der Waals surface area contributed by atoms with Crippen molar-refractivity contribution in [3.05, 3.63) is 42.7 Å². The molecule has 2 aromatic rings. The van der Waals surface area contributed by atoms with Gasteiger partial charge < -0.3 is 10.8 Å². The van der Waals surface area contributed by atoms with Crippen LogP contribution in [0.25, 0.3) is 11.1 Å². The second-order valence-corrected chi connectivity index (χ2v) is 2.97. The summed E-state index contributed by atoms with van der Waals surface area (Å²) >= 11 is 0. The number of phenols is 1. The molecule has 3 heteroatoms. The first-order valence-corrected chi connectivity index (χ1v) is 4.27. The quantitative estimate of drug-likeness (QED) is 0.529.